The van der Waals surface area contributed by atoms with Crippen molar-refractivity contribution in [3.63, 3.8) is 0 Å². The van der Waals surface area contributed by atoms with Crippen LogP contribution in [0.2, 0.25) is 0 Å². The molecule has 1 amide bonds. The number of carbonyl (C=O) groups is 2. The van der Waals surface area contributed by atoms with Crippen LogP contribution < -0.4 is 9.64 Å². The molecule has 0 spiro atoms. The van der Waals surface area contributed by atoms with E-state index in [4.69, 9.17) is 14.0 Å². The fourth-order valence-corrected chi connectivity index (χ4v) is 3.79. The van der Waals surface area contributed by atoms with E-state index in [1.54, 1.807) is 31.5 Å². The van der Waals surface area contributed by atoms with Crippen molar-refractivity contribution in [2.45, 2.75) is 40.2 Å². The fraction of sp³-hybridized carbons (Fsp3) is 0.333. The summed E-state index contributed by atoms with van der Waals surface area (Å²) in [6, 6.07) is 7.20. The van der Waals surface area contributed by atoms with Gasteiger partial charge in [0.15, 0.2) is 10.9 Å². The Bertz CT molecular complexity index is 1060. The number of methoxy groups -OCH3 is 1. The fourth-order valence-electron chi connectivity index (χ4n) is 2.93. The lowest BCUT2D eigenvalue weighted by molar-refractivity contribution is -0.115. The predicted molar refractivity (Wildman–Crippen MR) is 112 cm³/mol. The second-order valence-corrected chi connectivity index (χ2v) is 7.72. The molecule has 2 heterocycles. The molecular weight excluding hydrogens is 406 g/mol. The second-order valence-electron chi connectivity index (χ2n) is 6.89. The van der Waals surface area contributed by atoms with Crippen LogP contribution in [0.15, 0.2) is 34.2 Å². The van der Waals surface area contributed by atoms with Crippen LogP contribution in [0, 0.1) is 6.92 Å². The van der Waals surface area contributed by atoms with Gasteiger partial charge in [0, 0.05) is 18.2 Å². The summed E-state index contributed by atoms with van der Waals surface area (Å²) in [5.74, 6) is 0.333. The molecule has 0 N–H and O–H groups in total. The molecule has 2 aromatic heterocycles. The predicted octanol–water partition coefficient (Wildman–Crippen LogP) is 4.61. The summed E-state index contributed by atoms with van der Waals surface area (Å²) in [6.07, 6.45) is 0. The molecule has 0 unspecified atom stereocenters. The highest BCUT2D eigenvalue weighted by Gasteiger charge is 2.25. The van der Waals surface area contributed by atoms with E-state index < -0.39 is 5.97 Å². The van der Waals surface area contributed by atoms with Crippen molar-refractivity contribution in [3.05, 3.63) is 52.4 Å². The van der Waals surface area contributed by atoms with Crippen LogP contribution in [0.4, 0.5) is 10.8 Å². The Hall–Kier alpha value is -3.20. The van der Waals surface area contributed by atoms with E-state index in [9.17, 15) is 9.59 Å². The van der Waals surface area contributed by atoms with Crippen molar-refractivity contribution >= 4 is 34.0 Å². The van der Waals surface area contributed by atoms with Crippen molar-refractivity contribution in [1.82, 2.24) is 10.1 Å². The molecule has 0 radical (unpaired) electrons. The lowest BCUT2D eigenvalue weighted by Crippen LogP contribution is -2.23. The number of esters is 1. The number of rotatable bonds is 7. The van der Waals surface area contributed by atoms with Crippen LogP contribution >= 0.6 is 11.3 Å². The zero-order valence-corrected chi connectivity index (χ0v) is 18.3. The highest BCUT2D eigenvalue weighted by Crippen LogP contribution is 2.35. The minimum atomic E-state index is -0.514. The molecule has 0 aliphatic rings. The maximum atomic E-state index is 12.6. The van der Waals surface area contributed by atoms with Crippen molar-refractivity contribution in [2.75, 3.05) is 12.0 Å². The van der Waals surface area contributed by atoms with E-state index >= 15 is 0 Å². The number of para-hydroxylation sites is 2. The maximum Gasteiger partial charge on any atom is 0.344 e. The number of aryl methyl sites for hydroxylation is 1. The van der Waals surface area contributed by atoms with E-state index in [-0.39, 0.29) is 18.4 Å². The summed E-state index contributed by atoms with van der Waals surface area (Å²) in [7, 11) is 1.54. The first-order valence-corrected chi connectivity index (χ1v) is 10.2. The van der Waals surface area contributed by atoms with Gasteiger partial charge in [-0.2, -0.15) is 0 Å². The summed E-state index contributed by atoms with van der Waals surface area (Å²) >= 11 is 1.28. The van der Waals surface area contributed by atoms with E-state index in [1.165, 1.54) is 23.2 Å². The molecule has 3 aromatic rings. The number of ether oxygens (including phenoxy) is 2. The quantitative estimate of drug-likeness (QED) is 0.506. The zero-order valence-electron chi connectivity index (χ0n) is 17.5. The summed E-state index contributed by atoms with van der Waals surface area (Å²) in [5.41, 5.74) is 1.96. The minimum Gasteiger partial charge on any atom is -0.495 e. The van der Waals surface area contributed by atoms with Gasteiger partial charge in [0.1, 0.15) is 17.9 Å². The SMILES string of the molecule is COc1ccccc1N(C(C)=O)c1nc(COC(=O)c2c(C)noc2C(C)C)cs1. The molecule has 30 heavy (non-hydrogen) atoms. The first-order valence-electron chi connectivity index (χ1n) is 9.34. The molecule has 1 aromatic carbocycles. The Morgan fingerprint density at radius 1 is 1.27 bits per heavy atom. The zero-order chi connectivity index (χ0) is 21.8. The average molecular weight is 429 g/mol. The smallest absolute Gasteiger partial charge is 0.344 e. The molecule has 9 heteroatoms. The number of benzene rings is 1. The topological polar surface area (TPSA) is 94.8 Å². The van der Waals surface area contributed by atoms with Gasteiger partial charge >= 0.3 is 5.97 Å². The number of amides is 1. The van der Waals surface area contributed by atoms with Crippen LogP contribution in [0.25, 0.3) is 0 Å². The van der Waals surface area contributed by atoms with Crippen LogP contribution in [0.3, 0.4) is 0 Å². The number of hydrogen-bond acceptors (Lipinski definition) is 8. The third-order valence-electron chi connectivity index (χ3n) is 4.34. The summed E-state index contributed by atoms with van der Waals surface area (Å²) < 4.78 is 16.0. The molecular formula is C21H23N3O5S. The summed E-state index contributed by atoms with van der Waals surface area (Å²) in [4.78, 5) is 30.8. The van der Waals surface area contributed by atoms with Crippen molar-refractivity contribution in [2.24, 2.45) is 0 Å². The molecule has 0 saturated heterocycles. The van der Waals surface area contributed by atoms with Gasteiger partial charge in [-0.15, -0.1) is 11.3 Å². The third-order valence-corrected chi connectivity index (χ3v) is 5.22. The number of anilines is 2. The number of hydrogen-bond donors (Lipinski definition) is 0. The first kappa shape index (κ1) is 21.5. The minimum absolute atomic E-state index is 0.00426. The van der Waals surface area contributed by atoms with Gasteiger partial charge in [-0.25, -0.2) is 9.78 Å². The number of carbonyl (C=O) groups excluding carboxylic acids is 2. The van der Waals surface area contributed by atoms with Crippen LogP contribution in [-0.4, -0.2) is 29.1 Å². The molecule has 0 aliphatic carbocycles. The molecule has 0 atom stereocenters. The Morgan fingerprint density at radius 2 is 2.00 bits per heavy atom. The third kappa shape index (κ3) is 4.35. The van der Waals surface area contributed by atoms with Crippen LogP contribution in [0.5, 0.6) is 5.75 Å². The van der Waals surface area contributed by atoms with Gasteiger partial charge in [-0.1, -0.05) is 31.1 Å². The van der Waals surface area contributed by atoms with Gasteiger partial charge in [0.25, 0.3) is 0 Å². The molecule has 3 rings (SSSR count). The Balaban J connectivity index is 1.78. The highest BCUT2D eigenvalue weighted by molar-refractivity contribution is 7.14. The van der Waals surface area contributed by atoms with Crippen molar-refractivity contribution < 1.29 is 23.6 Å². The van der Waals surface area contributed by atoms with Gasteiger partial charge in [0.2, 0.25) is 5.91 Å². The molecule has 0 fully saturated rings. The maximum absolute atomic E-state index is 12.6. The second kappa shape index (κ2) is 9.08. The van der Waals surface area contributed by atoms with Gasteiger partial charge < -0.3 is 14.0 Å². The van der Waals surface area contributed by atoms with Gasteiger partial charge in [-0.3, -0.25) is 9.69 Å². The Labute approximate surface area is 178 Å². The van der Waals surface area contributed by atoms with E-state index in [2.05, 4.69) is 10.1 Å². The molecule has 8 nitrogen and oxygen atoms in total. The number of thiazole rings is 1. The Morgan fingerprint density at radius 3 is 2.67 bits per heavy atom. The largest absolute Gasteiger partial charge is 0.495 e. The molecule has 0 aliphatic heterocycles. The number of aromatic nitrogens is 2. The summed E-state index contributed by atoms with van der Waals surface area (Å²) in [5, 5.41) is 6.07. The average Bonchev–Trinajstić information content (AvgIpc) is 3.33. The normalized spacial score (nSPS) is 10.9. The lowest BCUT2D eigenvalue weighted by Gasteiger charge is -2.20. The monoisotopic (exact) mass is 429 g/mol. The van der Waals surface area contributed by atoms with Crippen molar-refractivity contribution in [1.29, 1.82) is 0 Å². The van der Waals surface area contributed by atoms with Gasteiger partial charge in [-0.05, 0) is 19.1 Å². The molecule has 0 saturated carbocycles. The lowest BCUT2D eigenvalue weighted by atomic mass is 10.1. The van der Waals surface area contributed by atoms with E-state index in [0.717, 1.165) is 0 Å². The Kier molecular flexibility index (Phi) is 6.51. The van der Waals surface area contributed by atoms with E-state index in [1.807, 2.05) is 26.0 Å². The van der Waals surface area contributed by atoms with Crippen LogP contribution in [-0.2, 0) is 16.1 Å². The van der Waals surface area contributed by atoms with Gasteiger partial charge in [0.05, 0.1) is 24.2 Å². The highest BCUT2D eigenvalue weighted by atomic mass is 32.1. The van der Waals surface area contributed by atoms with E-state index in [0.29, 0.717) is 39.3 Å². The standard InChI is InChI=1S/C21H23N3O5S/c1-12(2)19-18(13(3)23-29-19)20(26)28-10-15-11-30-21(22-15)24(14(4)25)16-8-6-7-9-17(16)27-5/h6-9,11-12H,10H2,1-5H3. The molecule has 0 bridgehead atoms. The number of nitrogens with zero attached hydrogens (tertiary/aromatic N) is 3. The molecule has 158 valence electrons. The summed E-state index contributed by atoms with van der Waals surface area (Å²) in [6.45, 7) is 6.95. The van der Waals surface area contributed by atoms with Crippen molar-refractivity contribution in [3.8, 4) is 5.75 Å². The first-order chi connectivity index (χ1) is 14.3. The van der Waals surface area contributed by atoms with Crippen LogP contribution in [0.1, 0.15) is 54.2 Å².